The van der Waals surface area contributed by atoms with Gasteiger partial charge in [-0.15, -0.1) is 0 Å². The van der Waals surface area contributed by atoms with E-state index in [1.807, 2.05) is 6.07 Å². The third-order valence-electron chi connectivity index (χ3n) is 8.00. The summed E-state index contributed by atoms with van der Waals surface area (Å²) in [4.78, 5) is 13.3. The van der Waals surface area contributed by atoms with Crippen molar-refractivity contribution < 1.29 is 27.8 Å². The van der Waals surface area contributed by atoms with Crippen molar-refractivity contribution in [2.75, 3.05) is 19.6 Å². The first kappa shape index (κ1) is 26.8. The van der Waals surface area contributed by atoms with Gasteiger partial charge in [-0.25, -0.2) is 0 Å². The summed E-state index contributed by atoms with van der Waals surface area (Å²) in [5.41, 5.74) is 0.222. The molecule has 36 heavy (non-hydrogen) atoms. The maximum absolute atomic E-state index is 14.3. The van der Waals surface area contributed by atoms with Crippen LogP contribution in [0.2, 0.25) is 0 Å². The number of fused-ring (bicyclic) bond motifs is 1. The Morgan fingerprint density at radius 1 is 1.08 bits per heavy atom. The number of nitrogens with zero attached hydrogens (tertiary/aromatic N) is 1. The van der Waals surface area contributed by atoms with E-state index in [1.165, 1.54) is 6.07 Å². The Bertz CT molecular complexity index is 1030. The van der Waals surface area contributed by atoms with Crippen molar-refractivity contribution >= 4 is 16.7 Å². The number of benzene rings is 2. The third-order valence-corrected chi connectivity index (χ3v) is 8.00. The molecule has 2 aliphatic rings. The van der Waals surface area contributed by atoms with E-state index < -0.39 is 17.7 Å². The minimum Gasteiger partial charge on any atom is -0.490 e. The van der Waals surface area contributed by atoms with Gasteiger partial charge in [-0.3, -0.25) is 4.79 Å². The van der Waals surface area contributed by atoms with Crippen LogP contribution in [0.5, 0.6) is 5.75 Å². The fraction of sp³-hybridized carbons (Fsp3) is 0.621. The Balaban J connectivity index is 1.45. The number of hydrogen-bond donors (Lipinski definition) is 1. The van der Waals surface area contributed by atoms with Crippen molar-refractivity contribution in [3.05, 3.63) is 41.5 Å². The summed E-state index contributed by atoms with van der Waals surface area (Å²) in [5.74, 6) is 0.0288. The first-order valence-electron chi connectivity index (χ1n) is 13.5. The zero-order valence-corrected chi connectivity index (χ0v) is 21.2. The van der Waals surface area contributed by atoms with Gasteiger partial charge >= 0.3 is 12.1 Å². The van der Waals surface area contributed by atoms with Crippen molar-refractivity contribution in [1.29, 1.82) is 0 Å². The zero-order valence-electron chi connectivity index (χ0n) is 21.2. The maximum Gasteiger partial charge on any atom is 0.420 e. The zero-order chi connectivity index (χ0) is 25.7. The molecule has 1 N–H and O–H groups in total. The summed E-state index contributed by atoms with van der Waals surface area (Å²) in [5, 5.41) is 9.85. The van der Waals surface area contributed by atoms with E-state index in [0.29, 0.717) is 17.7 Å². The van der Waals surface area contributed by atoms with Gasteiger partial charge in [0.05, 0.1) is 6.10 Å². The van der Waals surface area contributed by atoms with Crippen LogP contribution in [0.25, 0.3) is 10.8 Å². The molecule has 1 heterocycles. The van der Waals surface area contributed by atoms with Crippen molar-refractivity contribution in [2.45, 2.75) is 83.4 Å². The second-order valence-corrected chi connectivity index (χ2v) is 10.7. The Kier molecular flexibility index (Phi) is 8.81. The lowest BCUT2D eigenvalue weighted by Gasteiger charge is -2.32. The highest BCUT2D eigenvalue weighted by atomic mass is 19.4. The Morgan fingerprint density at radius 2 is 1.83 bits per heavy atom. The average molecular weight is 506 g/mol. The molecule has 4 rings (SSSR count). The molecule has 0 spiro atoms. The maximum atomic E-state index is 14.3. The summed E-state index contributed by atoms with van der Waals surface area (Å²) >= 11 is 0. The number of rotatable bonds is 9. The highest BCUT2D eigenvalue weighted by Crippen LogP contribution is 2.43. The van der Waals surface area contributed by atoms with Crippen LogP contribution in [0.3, 0.4) is 0 Å². The van der Waals surface area contributed by atoms with Gasteiger partial charge in [-0.2, -0.15) is 13.2 Å². The summed E-state index contributed by atoms with van der Waals surface area (Å²) < 4.78 is 48.8. The quantitative estimate of drug-likeness (QED) is 0.388. The number of piperidine rings is 1. The number of aryl methyl sites for hydroxylation is 1. The van der Waals surface area contributed by atoms with Crippen LogP contribution in [0.4, 0.5) is 13.2 Å². The number of alkyl halides is 3. The summed E-state index contributed by atoms with van der Waals surface area (Å²) in [7, 11) is 0. The molecule has 0 radical (unpaired) electrons. The van der Waals surface area contributed by atoms with Gasteiger partial charge in [0.2, 0.25) is 0 Å². The van der Waals surface area contributed by atoms with Crippen LogP contribution in [0, 0.1) is 11.8 Å². The van der Waals surface area contributed by atoms with E-state index in [1.54, 1.807) is 18.2 Å². The predicted octanol–water partition coefficient (Wildman–Crippen LogP) is 7.33. The molecule has 1 saturated heterocycles. The van der Waals surface area contributed by atoms with E-state index in [4.69, 9.17) is 9.84 Å². The van der Waals surface area contributed by atoms with Crippen molar-refractivity contribution in [3.63, 3.8) is 0 Å². The van der Waals surface area contributed by atoms with E-state index >= 15 is 0 Å². The molecule has 1 aliphatic carbocycles. The smallest absolute Gasteiger partial charge is 0.420 e. The lowest BCUT2D eigenvalue weighted by atomic mass is 9.86. The minimum atomic E-state index is -4.50. The van der Waals surface area contributed by atoms with Gasteiger partial charge in [0.15, 0.2) is 0 Å². The van der Waals surface area contributed by atoms with Gasteiger partial charge in [-0.05, 0) is 98.7 Å². The largest absolute Gasteiger partial charge is 0.490 e. The predicted molar refractivity (Wildman–Crippen MR) is 135 cm³/mol. The lowest BCUT2D eigenvalue weighted by molar-refractivity contribution is -0.139. The fourth-order valence-electron chi connectivity index (χ4n) is 6.01. The number of hydrogen-bond acceptors (Lipinski definition) is 3. The number of aliphatic carboxylic acids is 1. The molecule has 7 heteroatoms. The van der Waals surface area contributed by atoms with E-state index in [9.17, 15) is 18.0 Å². The number of ether oxygens (including phenoxy) is 1. The monoisotopic (exact) mass is 505 g/mol. The Labute approximate surface area is 211 Å². The Hall–Kier alpha value is -2.28. The molecular weight excluding hydrogens is 467 g/mol. The Morgan fingerprint density at radius 3 is 2.53 bits per heavy atom. The van der Waals surface area contributed by atoms with Gasteiger partial charge in [0.25, 0.3) is 0 Å². The molecule has 1 unspecified atom stereocenters. The van der Waals surface area contributed by atoms with Crippen LogP contribution in [-0.2, 0) is 17.4 Å². The van der Waals surface area contributed by atoms with E-state index in [-0.39, 0.29) is 29.6 Å². The molecule has 0 aromatic heterocycles. The molecule has 4 nitrogen and oxygen atoms in total. The molecule has 2 fully saturated rings. The molecule has 2 aromatic carbocycles. The van der Waals surface area contributed by atoms with Crippen molar-refractivity contribution in [2.24, 2.45) is 11.8 Å². The first-order chi connectivity index (χ1) is 17.2. The van der Waals surface area contributed by atoms with Crippen LogP contribution >= 0.6 is 0 Å². The highest BCUT2D eigenvalue weighted by Gasteiger charge is 2.37. The van der Waals surface area contributed by atoms with E-state index in [2.05, 4.69) is 11.8 Å². The summed E-state index contributed by atoms with van der Waals surface area (Å²) in [6, 6.07) is 8.60. The second-order valence-electron chi connectivity index (χ2n) is 10.7. The highest BCUT2D eigenvalue weighted by molar-refractivity contribution is 5.89. The molecular formula is C29H38F3NO3. The van der Waals surface area contributed by atoms with Crippen molar-refractivity contribution in [3.8, 4) is 5.75 Å². The van der Waals surface area contributed by atoms with Crippen LogP contribution < -0.4 is 4.74 Å². The average Bonchev–Trinajstić information content (AvgIpc) is 2.83. The first-order valence-corrected chi connectivity index (χ1v) is 13.5. The molecule has 0 bridgehead atoms. The third kappa shape index (κ3) is 6.93. The molecule has 1 aliphatic heterocycles. The number of carboxylic acid groups (broad SMARTS) is 1. The minimum absolute atomic E-state index is 0.0510. The summed E-state index contributed by atoms with van der Waals surface area (Å²) in [6.45, 7) is 4.72. The van der Waals surface area contributed by atoms with Gasteiger partial charge in [0.1, 0.15) is 11.3 Å². The number of carboxylic acids is 1. The van der Waals surface area contributed by atoms with Gasteiger partial charge in [-0.1, -0.05) is 37.6 Å². The van der Waals surface area contributed by atoms with Crippen LogP contribution in [0.1, 0.15) is 75.8 Å². The van der Waals surface area contributed by atoms with Gasteiger partial charge in [0, 0.05) is 13.0 Å². The fourth-order valence-corrected chi connectivity index (χ4v) is 6.01. The van der Waals surface area contributed by atoms with E-state index in [0.717, 1.165) is 76.6 Å². The normalized spacial score (nSPS) is 23.6. The molecule has 0 amide bonds. The molecule has 2 aromatic rings. The summed E-state index contributed by atoms with van der Waals surface area (Å²) in [6.07, 6.45) is 3.71. The standard InChI is InChI=1S/C29H38F3NO3/c1-2-20-8-12-24(13-9-20)36-26-14-11-23-10-7-21(17-25(23)28(26)29(30,31)32)5-3-15-33-16-4-6-22(19-33)18-27(34)35/h7,10-11,14,17,20,22,24H,2-6,8-9,12-13,15-16,18-19H2,1H3,(H,34,35). The molecule has 1 atom stereocenters. The van der Waals surface area contributed by atoms with Gasteiger partial charge < -0.3 is 14.7 Å². The topological polar surface area (TPSA) is 49.8 Å². The van der Waals surface area contributed by atoms with Crippen molar-refractivity contribution in [1.82, 2.24) is 4.90 Å². The molecule has 1 saturated carbocycles. The SMILES string of the molecule is CCC1CCC(Oc2ccc3ccc(CCCN4CCCC(CC(=O)O)C4)cc3c2C(F)(F)F)CC1. The second kappa shape index (κ2) is 11.8. The van der Waals surface area contributed by atoms with Crippen LogP contribution in [-0.4, -0.2) is 41.7 Å². The lowest BCUT2D eigenvalue weighted by Crippen LogP contribution is -2.37. The molecule has 198 valence electrons. The van der Waals surface area contributed by atoms with Crippen LogP contribution in [0.15, 0.2) is 30.3 Å². The number of halogens is 3. The number of likely N-dealkylation sites (tertiary alicyclic amines) is 1. The number of carbonyl (C=O) groups is 1.